The fourth-order valence-electron chi connectivity index (χ4n) is 2.00. The van der Waals surface area contributed by atoms with Crippen LogP contribution in [0.15, 0.2) is 42.2 Å². The number of fused-ring (bicyclic) bond motifs is 1. The molecule has 0 spiro atoms. The molecule has 0 atom stereocenters. The molecule has 0 amide bonds. The average molecular weight is 316 g/mol. The maximum Gasteiger partial charge on any atom is 0.355 e. The quantitative estimate of drug-likeness (QED) is 0.622. The maximum atomic E-state index is 11.9. The second-order valence-corrected chi connectivity index (χ2v) is 4.49. The van der Waals surface area contributed by atoms with Crippen LogP contribution in [0.3, 0.4) is 0 Å². The van der Waals surface area contributed by atoms with Gasteiger partial charge in [0, 0.05) is 17.6 Å². The minimum absolute atomic E-state index is 0.134. The van der Waals surface area contributed by atoms with Gasteiger partial charge < -0.3 is 19.9 Å². The zero-order chi connectivity index (χ0) is 16.8. The first-order valence-electron chi connectivity index (χ1n) is 6.86. The van der Waals surface area contributed by atoms with Crippen molar-refractivity contribution in [2.45, 2.75) is 6.92 Å². The summed E-state index contributed by atoms with van der Waals surface area (Å²) in [6.07, 6.45) is 2.36. The predicted octanol–water partition coefficient (Wildman–Crippen LogP) is 2.19. The molecule has 7 heteroatoms. The highest BCUT2D eigenvalue weighted by Crippen LogP contribution is 2.28. The summed E-state index contributed by atoms with van der Waals surface area (Å²) >= 11 is 0. The number of carboxylic acid groups (broad SMARTS) is 1. The molecule has 0 saturated carbocycles. The third-order valence-corrected chi connectivity index (χ3v) is 2.95. The Morgan fingerprint density at radius 1 is 1.39 bits per heavy atom. The van der Waals surface area contributed by atoms with Gasteiger partial charge in [-0.1, -0.05) is 6.07 Å². The van der Waals surface area contributed by atoms with E-state index in [2.05, 4.69) is 10.3 Å². The number of benzene rings is 1. The second-order valence-electron chi connectivity index (χ2n) is 4.49. The molecule has 0 radical (unpaired) electrons. The summed E-state index contributed by atoms with van der Waals surface area (Å²) in [5, 5.41) is 12.5. The Morgan fingerprint density at radius 2 is 2.17 bits per heavy atom. The summed E-state index contributed by atoms with van der Waals surface area (Å²) < 4.78 is 10.1. The maximum absolute atomic E-state index is 11.9. The van der Waals surface area contributed by atoms with Crippen molar-refractivity contribution in [1.29, 1.82) is 0 Å². The zero-order valence-corrected chi connectivity index (χ0v) is 12.7. The average Bonchev–Trinajstić information content (AvgIpc) is 2.53. The van der Waals surface area contributed by atoms with E-state index < -0.39 is 11.9 Å². The first-order valence-corrected chi connectivity index (χ1v) is 6.86. The Morgan fingerprint density at radius 3 is 2.83 bits per heavy atom. The molecule has 0 aliphatic rings. The first-order chi connectivity index (χ1) is 11.0. The molecule has 2 rings (SSSR count). The minimum atomic E-state index is -1.26. The van der Waals surface area contributed by atoms with Crippen molar-refractivity contribution in [3.05, 3.63) is 42.2 Å². The molecule has 7 nitrogen and oxygen atoms in total. The summed E-state index contributed by atoms with van der Waals surface area (Å²) in [5.41, 5.74) is 0.828. The molecular weight excluding hydrogens is 300 g/mol. The number of carbonyl (C=O) groups is 2. The number of aliphatic carboxylic acids is 1. The monoisotopic (exact) mass is 316 g/mol. The van der Waals surface area contributed by atoms with Gasteiger partial charge >= 0.3 is 11.9 Å². The lowest BCUT2D eigenvalue weighted by Crippen LogP contribution is -2.16. The molecule has 0 saturated heterocycles. The lowest BCUT2D eigenvalue weighted by molar-refractivity contribution is -0.139. The number of nitrogens with zero attached hydrogens (tertiary/aromatic N) is 1. The van der Waals surface area contributed by atoms with Gasteiger partial charge in [0.2, 0.25) is 0 Å². The minimum Gasteiger partial charge on any atom is -0.497 e. The van der Waals surface area contributed by atoms with E-state index in [1.165, 1.54) is 7.11 Å². The highest BCUT2D eigenvalue weighted by molar-refractivity contribution is 6.01. The molecule has 1 heterocycles. The van der Waals surface area contributed by atoms with Gasteiger partial charge in [0.15, 0.2) is 0 Å². The van der Waals surface area contributed by atoms with E-state index in [0.717, 1.165) is 11.5 Å². The van der Waals surface area contributed by atoms with Crippen molar-refractivity contribution in [2.24, 2.45) is 0 Å². The molecule has 0 aliphatic heterocycles. The first kappa shape index (κ1) is 16.3. The number of nitrogens with one attached hydrogen (secondary N) is 1. The predicted molar refractivity (Wildman–Crippen MR) is 84.3 cm³/mol. The molecule has 120 valence electrons. The molecule has 0 aliphatic carbocycles. The van der Waals surface area contributed by atoms with Crippen LogP contribution in [-0.4, -0.2) is 35.7 Å². The Bertz CT molecular complexity index is 770. The van der Waals surface area contributed by atoms with Crippen molar-refractivity contribution >= 4 is 28.5 Å². The summed E-state index contributed by atoms with van der Waals surface area (Å²) in [5.74, 6) is -1.48. The van der Waals surface area contributed by atoms with Crippen molar-refractivity contribution in [3.8, 4) is 5.75 Å². The van der Waals surface area contributed by atoms with Crippen molar-refractivity contribution in [1.82, 2.24) is 4.98 Å². The molecular formula is C16H16N2O5. The number of rotatable bonds is 6. The normalized spacial score (nSPS) is 11.1. The Balaban J connectivity index is 2.49. The van der Waals surface area contributed by atoms with Crippen LogP contribution in [0.4, 0.5) is 5.69 Å². The van der Waals surface area contributed by atoms with Gasteiger partial charge in [-0.3, -0.25) is 4.98 Å². The summed E-state index contributed by atoms with van der Waals surface area (Å²) in [7, 11) is 1.51. The Kier molecular flexibility index (Phi) is 5.14. The number of esters is 1. The lowest BCUT2D eigenvalue weighted by atomic mass is 10.1. The topological polar surface area (TPSA) is 97.8 Å². The number of carbonyl (C=O) groups excluding carboxylic acids is 1. The number of carboxylic acids is 1. The second kappa shape index (κ2) is 7.26. The van der Waals surface area contributed by atoms with Crippen molar-refractivity contribution in [2.75, 3.05) is 19.0 Å². The number of pyridine rings is 1. The van der Waals surface area contributed by atoms with Crippen molar-refractivity contribution in [3.63, 3.8) is 0 Å². The van der Waals surface area contributed by atoms with Crippen LogP contribution in [0.2, 0.25) is 0 Å². The molecule has 1 aromatic carbocycles. The van der Waals surface area contributed by atoms with Gasteiger partial charge in [-0.15, -0.1) is 0 Å². The SMILES string of the molecule is CCOC(=O)C(=CC(=O)O)Nc1cc(OC)cc2cccnc12. The number of anilines is 1. The van der Waals surface area contributed by atoms with Gasteiger partial charge in [-0.05, 0) is 19.1 Å². The number of hydrogen-bond donors (Lipinski definition) is 2. The van der Waals surface area contributed by atoms with Gasteiger partial charge in [-0.2, -0.15) is 0 Å². The number of methoxy groups -OCH3 is 1. The Hall–Kier alpha value is -3.09. The third-order valence-electron chi connectivity index (χ3n) is 2.95. The zero-order valence-electron chi connectivity index (χ0n) is 12.7. The van der Waals surface area contributed by atoms with Crippen LogP contribution in [-0.2, 0) is 14.3 Å². The van der Waals surface area contributed by atoms with Gasteiger partial charge in [0.25, 0.3) is 0 Å². The highest BCUT2D eigenvalue weighted by atomic mass is 16.5. The number of ether oxygens (including phenoxy) is 2. The van der Waals surface area contributed by atoms with E-state index in [4.69, 9.17) is 14.6 Å². The molecule has 0 bridgehead atoms. The smallest absolute Gasteiger partial charge is 0.355 e. The van der Waals surface area contributed by atoms with E-state index in [-0.39, 0.29) is 12.3 Å². The molecule has 1 aromatic heterocycles. The summed E-state index contributed by atoms with van der Waals surface area (Å²) in [6.45, 7) is 1.77. The molecule has 0 fully saturated rings. The summed E-state index contributed by atoms with van der Waals surface area (Å²) in [4.78, 5) is 27.1. The highest BCUT2D eigenvalue weighted by Gasteiger charge is 2.15. The van der Waals surface area contributed by atoms with E-state index >= 15 is 0 Å². The summed E-state index contributed by atoms with van der Waals surface area (Å²) in [6, 6.07) is 7.02. The van der Waals surface area contributed by atoms with E-state index in [0.29, 0.717) is 17.0 Å². The van der Waals surface area contributed by atoms with Crippen LogP contribution in [0.1, 0.15) is 6.92 Å². The molecule has 2 aromatic rings. The van der Waals surface area contributed by atoms with E-state index in [1.54, 1.807) is 31.3 Å². The third kappa shape index (κ3) is 3.97. The van der Waals surface area contributed by atoms with Crippen LogP contribution in [0.25, 0.3) is 10.9 Å². The molecule has 0 unspecified atom stereocenters. The Labute approximate surface area is 132 Å². The fraction of sp³-hybridized carbons (Fsp3) is 0.188. The van der Waals surface area contributed by atoms with Gasteiger partial charge in [-0.25, -0.2) is 9.59 Å². The van der Waals surface area contributed by atoms with Gasteiger partial charge in [0.05, 0.1) is 31.0 Å². The molecule has 2 N–H and O–H groups in total. The fourth-order valence-corrected chi connectivity index (χ4v) is 2.00. The number of aromatic nitrogens is 1. The standard InChI is InChI=1S/C16H16N2O5/c1-3-23-16(21)13(9-14(19)20)18-12-8-11(22-2)7-10-5-4-6-17-15(10)12/h4-9,18H,3H2,1-2H3,(H,19,20). The molecule has 23 heavy (non-hydrogen) atoms. The van der Waals surface area contributed by atoms with Crippen LogP contribution in [0.5, 0.6) is 5.75 Å². The van der Waals surface area contributed by atoms with Crippen molar-refractivity contribution < 1.29 is 24.2 Å². The van der Waals surface area contributed by atoms with E-state index in [1.807, 2.05) is 6.07 Å². The van der Waals surface area contributed by atoms with Crippen LogP contribution < -0.4 is 10.1 Å². The van der Waals surface area contributed by atoms with Crippen LogP contribution >= 0.6 is 0 Å². The van der Waals surface area contributed by atoms with Crippen LogP contribution in [0, 0.1) is 0 Å². The lowest BCUT2D eigenvalue weighted by Gasteiger charge is -2.13. The van der Waals surface area contributed by atoms with Gasteiger partial charge in [0.1, 0.15) is 11.4 Å². The van der Waals surface area contributed by atoms with E-state index in [9.17, 15) is 9.59 Å². The largest absolute Gasteiger partial charge is 0.497 e. The number of hydrogen-bond acceptors (Lipinski definition) is 6.